The van der Waals surface area contributed by atoms with Gasteiger partial charge < -0.3 is 5.32 Å². The smallest absolute Gasteiger partial charge is 0.0432 e. The Morgan fingerprint density at radius 3 is 2.93 bits per heavy atom. The predicted molar refractivity (Wildman–Crippen MR) is 65.6 cm³/mol. The molecule has 0 saturated heterocycles. The molecule has 0 spiro atoms. The van der Waals surface area contributed by atoms with E-state index in [4.69, 9.17) is 23.2 Å². The van der Waals surface area contributed by atoms with E-state index in [1.807, 2.05) is 12.1 Å². The minimum Gasteiger partial charge on any atom is -0.308 e. The van der Waals surface area contributed by atoms with Crippen molar-refractivity contribution in [2.45, 2.75) is 6.54 Å². The van der Waals surface area contributed by atoms with Crippen molar-refractivity contribution in [3.63, 3.8) is 0 Å². The van der Waals surface area contributed by atoms with Crippen LogP contribution in [0.1, 0.15) is 5.56 Å². The fraction of sp³-hybridized carbons (Fsp3) is 0.200. The first-order valence-electron chi connectivity index (χ1n) is 4.12. The fourth-order valence-corrected chi connectivity index (χ4v) is 1.63. The summed E-state index contributed by atoms with van der Waals surface area (Å²) in [6.45, 7) is 1.37. The van der Waals surface area contributed by atoms with E-state index in [0.717, 1.165) is 11.0 Å². The summed E-state index contributed by atoms with van der Waals surface area (Å²) in [6.07, 6.45) is 0. The maximum absolute atomic E-state index is 5.72. The van der Waals surface area contributed by atoms with Crippen LogP contribution >= 0.6 is 39.1 Å². The number of rotatable bonds is 4. The van der Waals surface area contributed by atoms with Crippen LogP contribution in [0, 0.1) is 0 Å². The largest absolute Gasteiger partial charge is 0.308 e. The summed E-state index contributed by atoms with van der Waals surface area (Å²) < 4.78 is 1.08. The molecule has 0 heterocycles. The Kier molecular flexibility index (Phi) is 5.56. The Balaban J connectivity index is 2.39. The average Bonchev–Trinajstić information content (AvgIpc) is 2.17. The number of nitrogens with one attached hydrogen (secondary N) is 1. The highest BCUT2D eigenvalue weighted by Gasteiger charge is 1.94. The third-order valence-electron chi connectivity index (χ3n) is 1.63. The first-order chi connectivity index (χ1) is 6.72. The van der Waals surface area contributed by atoms with E-state index in [2.05, 4.69) is 33.4 Å². The van der Waals surface area contributed by atoms with E-state index in [9.17, 15) is 0 Å². The molecule has 0 aliphatic rings. The van der Waals surface area contributed by atoms with Crippen molar-refractivity contribution in [1.29, 1.82) is 0 Å². The van der Waals surface area contributed by atoms with Gasteiger partial charge in [-0.3, -0.25) is 0 Å². The zero-order chi connectivity index (χ0) is 10.4. The monoisotopic (exact) mass is 293 g/mol. The molecule has 1 aromatic rings. The van der Waals surface area contributed by atoms with Gasteiger partial charge in [0.2, 0.25) is 0 Å². The van der Waals surface area contributed by atoms with Crippen LogP contribution in [0.2, 0.25) is 0 Å². The van der Waals surface area contributed by atoms with Crippen molar-refractivity contribution in [3.05, 3.63) is 44.9 Å². The van der Waals surface area contributed by atoms with E-state index in [-0.39, 0.29) is 0 Å². The molecule has 0 radical (unpaired) electrons. The van der Waals surface area contributed by atoms with Crippen molar-refractivity contribution >= 4 is 39.1 Å². The van der Waals surface area contributed by atoms with Crippen molar-refractivity contribution in [2.75, 3.05) is 6.54 Å². The molecule has 1 rings (SSSR count). The van der Waals surface area contributed by atoms with Crippen LogP contribution in [0.4, 0.5) is 0 Å². The second kappa shape index (κ2) is 6.46. The number of hydrogen-bond acceptors (Lipinski definition) is 1. The van der Waals surface area contributed by atoms with Crippen LogP contribution in [0.25, 0.3) is 0 Å². The van der Waals surface area contributed by atoms with Gasteiger partial charge in [-0.2, -0.15) is 0 Å². The topological polar surface area (TPSA) is 12.0 Å². The molecule has 76 valence electrons. The molecule has 14 heavy (non-hydrogen) atoms. The molecule has 1 nitrogen and oxygen atoms in total. The minimum atomic E-state index is 0.595. The van der Waals surface area contributed by atoms with E-state index in [1.54, 1.807) is 0 Å². The summed E-state index contributed by atoms with van der Waals surface area (Å²) >= 11 is 14.5. The minimum absolute atomic E-state index is 0.595. The molecule has 1 aromatic carbocycles. The van der Waals surface area contributed by atoms with Gasteiger partial charge in [0.25, 0.3) is 0 Å². The lowest BCUT2D eigenvalue weighted by Crippen LogP contribution is -2.14. The van der Waals surface area contributed by atoms with Crippen LogP contribution < -0.4 is 5.32 Å². The van der Waals surface area contributed by atoms with E-state index >= 15 is 0 Å². The third-order valence-corrected chi connectivity index (χ3v) is 2.74. The zero-order valence-electron chi connectivity index (χ0n) is 7.43. The molecule has 1 N–H and O–H groups in total. The lowest BCUT2D eigenvalue weighted by Gasteiger charge is -2.03. The summed E-state index contributed by atoms with van der Waals surface area (Å²) in [4.78, 5) is 0. The summed E-state index contributed by atoms with van der Waals surface area (Å²) in [6, 6.07) is 8.11. The van der Waals surface area contributed by atoms with Crippen LogP contribution in [0.5, 0.6) is 0 Å². The van der Waals surface area contributed by atoms with Gasteiger partial charge in [0.05, 0.1) is 0 Å². The molecule has 0 unspecified atom stereocenters. The molecule has 0 aromatic heterocycles. The van der Waals surface area contributed by atoms with Gasteiger partial charge in [-0.25, -0.2) is 0 Å². The molecule has 0 bridgehead atoms. The SMILES string of the molecule is ClC=C(Cl)CNCc1cccc(Br)c1. The Morgan fingerprint density at radius 1 is 1.50 bits per heavy atom. The summed E-state index contributed by atoms with van der Waals surface area (Å²) in [5.41, 5.74) is 2.58. The molecular weight excluding hydrogens is 285 g/mol. The quantitative estimate of drug-likeness (QED) is 0.889. The van der Waals surface area contributed by atoms with Crippen LogP contribution in [0.15, 0.2) is 39.3 Å². The Labute approximate surface area is 102 Å². The molecule has 0 amide bonds. The van der Waals surface area contributed by atoms with Crippen molar-refractivity contribution < 1.29 is 0 Å². The molecule has 0 saturated carbocycles. The highest BCUT2D eigenvalue weighted by Crippen LogP contribution is 2.11. The fourth-order valence-electron chi connectivity index (χ4n) is 1.01. The van der Waals surface area contributed by atoms with Crippen LogP contribution in [-0.2, 0) is 6.54 Å². The Morgan fingerprint density at radius 2 is 2.29 bits per heavy atom. The second-order valence-corrected chi connectivity index (χ2v) is 4.41. The summed E-state index contributed by atoms with van der Waals surface area (Å²) in [7, 11) is 0. The number of halogens is 3. The molecule has 0 fully saturated rings. The van der Waals surface area contributed by atoms with Gasteiger partial charge in [0, 0.05) is 28.1 Å². The van der Waals surface area contributed by atoms with Crippen molar-refractivity contribution in [1.82, 2.24) is 5.32 Å². The third kappa shape index (κ3) is 4.47. The van der Waals surface area contributed by atoms with Gasteiger partial charge in [-0.1, -0.05) is 51.3 Å². The lowest BCUT2D eigenvalue weighted by molar-refractivity contribution is 0.754. The molecule has 0 atom stereocenters. The van der Waals surface area contributed by atoms with Gasteiger partial charge >= 0.3 is 0 Å². The number of hydrogen-bond donors (Lipinski definition) is 1. The van der Waals surface area contributed by atoms with Crippen LogP contribution in [-0.4, -0.2) is 6.54 Å². The van der Waals surface area contributed by atoms with Gasteiger partial charge in [-0.05, 0) is 17.7 Å². The standard InChI is InChI=1S/C10H10BrCl2N/c11-9-3-1-2-8(4-9)6-14-7-10(13)5-12/h1-5,14H,6-7H2. The number of benzene rings is 1. The van der Waals surface area contributed by atoms with Crippen LogP contribution in [0.3, 0.4) is 0 Å². The van der Waals surface area contributed by atoms with E-state index < -0.39 is 0 Å². The maximum atomic E-state index is 5.72. The zero-order valence-corrected chi connectivity index (χ0v) is 10.5. The van der Waals surface area contributed by atoms with Gasteiger partial charge in [-0.15, -0.1) is 0 Å². The van der Waals surface area contributed by atoms with Gasteiger partial charge in [0.1, 0.15) is 0 Å². The van der Waals surface area contributed by atoms with E-state index in [1.165, 1.54) is 11.1 Å². The molecule has 0 aliphatic carbocycles. The summed E-state index contributed by atoms with van der Waals surface area (Å²) in [5.74, 6) is 0. The molecule has 4 heteroatoms. The second-order valence-electron chi connectivity index (χ2n) is 2.79. The predicted octanol–water partition coefficient (Wildman–Crippen LogP) is 3.86. The van der Waals surface area contributed by atoms with E-state index in [0.29, 0.717) is 11.6 Å². The summed E-state index contributed by atoms with van der Waals surface area (Å²) in [5, 5.41) is 3.79. The van der Waals surface area contributed by atoms with Crippen molar-refractivity contribution in [2.24, 2.45) is 0 Å². The van der Waals surface area contributed by atoms with Gasteiger partial charge in [0.15, 0.2) is 0 Å². The molecular formula is C10H10BrCl2N. The highest BCUT2D eigenvalue weighted by atomic mass is 79.9. The Bertz CT molecular complexity index is 326. The molecule has 0 aliphatic heterocycles. The lowest BCUT2D eigenvalue weighted by atomic mass is 10.2. The average molecular weight is 295 g/mol. The van der Waals surface area contributed by atoms with Crippen molar-refractivity contribution in [3.8, 4) is 0 Å². The highest BCUT2D eigenvalue weighted by molar-refractivity contribution is 9.10. The Hall–Kier alpha value is -0.0200. The maximum Gasteiger partial charge on any atom is 0.0432 e. The normalized spacial score (nSPS) is 11.8. The first-order valence-corrected chi connectivity index (χ1v) is 5.73. The first kappa shape index (κ1) is 12.1.